The fraction of sp³-hybridized carbons (Fsp3) is 0.615. The first kappa shape index (κ1) is 9.70. The van der Waals surface area contributed by atoms with E-state index in [0.29, 0.717) is 5.78 Å². The molecule has 0 amide bonds. The molecular weight excluding hydrogens is 172 g/mol. The highest BCUT2D eigenvalue weighted by Crippen LogP contribution is 2.47. The number of hydrogen-bond donors (Lipinski definition) is 0. The first-order chi connectivity index (χ1) is 6.53. The van der Waals surface area contributed by atoms with Gasteiger partial charge in [0, 0.05) is 6.42 Å². The maximum absolute atomic E-state index is 11.7. The molecule has 2 aliphatic carbocycles. The van der Waals surface area contributed by atoms with Gasteiger partial charge in [-0.2, -0.15) is 0 Å². The molecule has 0 saturated carbocycles. The lowest BCUT2D eigenvalue weighted by Crippen LogP contribution is -2.30. The number of carbonyl (C=O) groups is 1. The van der Waals surface area contributed by atoms with Gasteiger partial charge in [0.05, 0.1) is 0 Å². The molecule has 0 aromatic heterocycles. The van der Waals surface area contributed by atoms with Crippen molar-refractivity contribution in [2.45, 2.75) is 46.5 Å². The maximum atomic E-state index is 11.7. The molecule has 0 aromatic carbocycles. The average Bonchev–Trinajstić information content (AvgIpc) is 2.09. The fourth-order valence-corrected chi connectivity index (χ4v) is 2.80. The Morgan fingerprint density at radius 2 is 2.07 bits per heavy atom. The Balaban J connectivity index is 2.52. The summed E-state index contributed by atoms with van der Waals surface area (Å²) in [6, 6.07) is 0. The monoisotopic (exact) mass is 190 g/mol. The molecule has 76 valence electrons. The van der Waals surface area contributed by atoms with Gasteiger partial charge in [0.25, 0.3) is 0 Å². The van der Waals surface area contributed by atoms with Crippen LogP contribution in [0.25, 0.3) is 0 Å². The number of hydrogen-bond acceptors (Lipinski definition) is 1. The molecule has 1 atom stereocenters. The van der Waals surface area contributed by atoms with Crippen LogP contribution in [-0.4, -0.2) is 5.78 Å². The van der Waals surface area contributed by atoms with E-state index in [1.165, 1.54) is 30.4 Å². The molecule has 0 unspecified atom stereocenters. The topological polar surface area (TPSA) is 17.1 Å². The van der Waals surface area contributed by atoms with E-state index in [2.05, 4.69) is 19.9 Å². The van der Waals surface area contributed by atoms with Crippen LogP contribution in [0.15, 0.2) is 22.8 Å². The van der Waals surface area contributed by atoms with E-state index in [0.717, 1.165) is 12.0 Å². The van der Waals surface area contributed by atoms with Crippen molar-refractivity contribution in [2.24, 2.45) is 5.41 Å². The first-order valence-electron chi connectivity index (χ1n) is 5.45. The number of allylic oxidation sites excluding steroid dienone is 4. The van der Waals surface area contributed by atoms with Crippen molar-refractivity contribution < 1.29 is 4.79 Å². The average molecular weight is 190 g/mol. The second kappa shape index (κ2) is 3.08. The van der Waals surface area contributed by atoms with Crippen LogP contribution in [0.1, 0.15) is 46.5 Å². The zero-order valence-corrected chi connectivity index (χ0v) is 9.31. The molecule has 1 nitrogen and oxygen atoms in total. The van der Waals surface area contributed by atoms with E-state index in [1.807, 2.05) is 6.92 Å². The third-order valence-electron chi connectivity index (χ3n) is 3.74. The zero-order chi connectivity index (χ0) is 10.3. The van der Waals surface area contributed by atoms with E-state index in [1.54, 1.807) is 0 Å². The highest BCUT2D eigenvalue weighted by Gasteiger charge is 2.37. The SMILES string of the molecule is CC1=CC2=C(C)CCC[C@@]2(C)CC1=O. The highest BCUT2D eigenvalue weighted by molar-refractivity contribution is 5.97. The van der Waals surface area contributed by atoms with Gasteiger partial charge in [-0.1, -0.05) is 18.6 Å². The van der Waals surface area contributed by atoms with Crippen molar-refractivity contribution >= 4 is 5.78 Å². The third kappa shape index (κ3) is 1.35. The summed E-state index contributed by atoms with van der Waals surface area (Å²) in [5.74, 6) is 0.339. The maximum Gasteiger partial charge on any atom is 0.159 e. The van der Waals surface area contributed by atoms with Crippen LogP contribution in [0, 0.1) is 5.41 Å². The van der Waals surface area contributed by atoms with E-state index >= 15 is 0 Å². The van der Waals surface area contributed by atoms with Gasteiger partial charge in [-0.25, -0.2) is 0 Å². The van der Waals surface area contributed by atoms with Crippen molar-refractivity contribution in [2.75, 3.05) is 0 Å². The lowest BCUT2D eigenvalue weighted by molar-refractivity contribution is -0.117. The van der Waals surface area contributed by atoms with Gasteiger partial charge in [-0.15, -0.1) is 0 Å². The van der Waals surface area contributed by atoms with Crippen molar-refractivity contribution in [3.8, 4) is 0 Å². The quantitative estimate of drug-likeness (QED) is 0.572. The van der Waals surface area contributed by atoms with E-state index in [9.17, 15) is 4.79 Å². The molecule has 0 N–H and O–H groups in total. The van der Waals surface area contributed by atoms with Crippen molar-refractivity contribution in [1.82, 2.24) is 0 Å². The van der Waals surface area contributed by atoms with Crippen LogP contribution in [0.5, 0.6) is 0 Å². The first-order valence-corrected chi connectivity index (χ1v) is 5.45. The second-order valence-electron chi connectivity index (χ2n) is 5.04. The summed E-state index contributed by atoms with van der Waals surface area (Å²) in [7, 11) is 0. The summed E-state index contributed by atoms with van der Waals surface area (Å²) in [5.41, 5.74) is 4.03. The largest absolute Gasteiger partial charge is 0.295 e. The van der Waals surface area contributed by atoms with Gasteiger partial charge < -0.3 is 0 Å². The summed E-state index contributed by atoms with van der Waals surface area (Å²) < 4.78 is 0. The number of carbonyl (C=O) groups excluding carboxylic acids is 1. The number of fused-ring (bicyclic) bond motifs is 1. The molecule has 0 saturated heterocycles. The summed E-state index contributed by atoms with van der Waals surface area (Å²) in [4.78, 5) is 11.7. The third-order valence-corrected chi connectivity index (χ3v) is 3.74. The van der Waals surface area contributed by atoms with Gasteiger partial charge in [0.2, 0.25) is 0 Å². The Morgan fingerprint density at radius 1 is 1.36 bits per heavy atom. The Hall–Kier alpha value is -0.850. The second-order valence-corrected chi connectivity index (χ2v) is 5.04. The lowest BCUT2D eigenvalue weighted by atomic mass is 9.65. The zero-order valence-electron chi connectivity index (χ0n) is 9.31. The standard InChI is InChI=1S/C13H18O/c1-9-5-4-6-13(3)8-12(14)10(2)7-11(9)13/h7H,4-6,8H2,1-3H3/t13-/m0/s1. The molecule has 0 fully saturated rings. The van der Waals surface area contributed by atoms with Crippen LogP contribution < -0.4 is 0 Å². The van der Waals surface area contributed by atoms with Crippen LogP contribution in [0.2, 0.25) is 0 Å². The van der Waals surface area contributed by atoms with Crippen LogP contribution in [0.3, 0.4) is 0 Å². The molecule has 0 aromatic rings. The normalized spacial score (nSPS) is 32.8. The Labute approximate surface area is 85.9 Å². The van der Waals surface area contributed by atoms with Crippen molar-refractivity contribution in [3.63, 3.8) is 0 Å². The smallest absolute Gasteiger partial charge is 0.159 e. The summed E-state index contributed by atoms with van der Waals surface area (Å²) in [6.45, 7) is 6.40. The number of rotatable bonds is 0. The summed E-state index contributed by atoms with van der Waals surface area (Å²) in [5, 5.41) is 0. The number of ketones is 1. The van der Waals surface area contributed by atoms with Gasteiger partial charge >= 0.3 is 0 Å². The summed E-state index contributed by atoms with van der Waals surface area (Å²) in [6.07, 6.45) is 6.48. The molecular formula is C13H18O. The Kier molecular flexibility index (Phi) is 2.13. The van der Waals surface area contributed by atoms with Gasteiger partial charge in [-0.05, 0) is 49.7 Å². The van der Waals surface area contributed by atoms with Gasteiger partial charge in [-0.3, -0.25) is 4.79 Å². The Bertz CT molecular complexity index is 346. The molecule has 0 radical (unpaired) electrons. The minimum absolute atomic E-state index is 0.152. The van der Waals surface area contributed by atoms with Crippen LogP contribution in [-0.2, 0) is 4.79 Å². The predicted molar refractivity (Wildman–Crippen MR) is 58.0 cm³/mol. The summed E-state index contributed by atoms with van der Waals surface area (Å²) >= 11 is 0. The van der Waals surface area contributed by atoms with E-state index in [4.69, 9.17) is 0 Å². The molecule has 0 bridgehead atoms. The molecule has 14 heavy (non-hydrogen) atoms. The Morgan fingerprint density at radius 3 is 2.79 bits per heavy atom. The molecule has 0 spiro atoms. The van der Waals surface area contributed by atoms with Gasteiger partial charge in [0.1, 0.15) is 0 Å². The van der Waals surface area contributed by atoms with E-state index < -0.39 is 0 Å². The molecule has 2 rings (SSSR count). The lowest BCUT2D eigenvalue weighted by Gasteiger charge is -2.39. The fourth-order valence-electron chi connectivity index (χ4n) is 2.80. The predicted octanol–water partition coefficient (Wildman–Crippen LogP) is 3.41. The van der Waals surface area contributed by atoms with Gasteiger partial charge in [0.15, 0.2) is 5.78 Å². The van der Waals surface area contributed by atoms with E-state index in [-0.39, 0.29) is 5.41 Å². The van der Waals surface area contributed by atoms with Crippen molar-refractivity contribution in [3.05, 3.63) is 22.8 Å². The molecule has 2 aliphatic rings. The minimum atomic E-state index is 0.152. The molecule has 0 heterocycles. The minimum Gasteiger partial charge on any atom is -0.295 e. The van der Waals surface area contributed by atoms with Crippen LogP contribution >= 0.6 is 0 Å². The highest BCUT2D eigenvalue weighted by atomic mass is 16.1. The van der Waals surface area contributed by atoms with Crippen molar-refractivity contribution in [1.29, 1.82) is 0 Å². The number of Topliss-reactive ketones (excluding diaryl/α,β-unsaturated/α-hetero) is 1. The molecule has 0 aliphatic heterocycles. The molecule has 1 heteroatoms. The van der Waals surface area contributed by atoms with Crippen LogP contribution in [0.4, 0.5) is 0 Å².